The molecule has 0 saturated carbocycles. The van der Waals surface area contributed by atoms with Crippen LogP contribution in [0.4, 0.5) is 0 Å². The lowest BCUT2D eigenvalue weighted by Crippen LogP contribution is -2.39. The lowest BCUT2D eigenvalue weighted by Gasteiger charge is -2.18. The maximum Gasteiger partial charge on any atom is 0.191 e. The van der Waals surface area contributed by atoms with Gasteiger partial charge in [0.2, 0.25) is 0 Å². The first kappa shape index (κ1) is 22.9. The number of hydrogen-bond acceptors (Lipinski definition) is 3. The third-order valence-corrected chi connectivity index (χ3v) is 5.09. The molecule has 0 saturated heterocycles. The summed E-state index contributed by atoms with van der Waals surface area (Å²) in [5.41, 5.74) is 3.65. The molecule has 1 unspecified atom stereocenters. The van der Waals surface area contributed by atoms with Crippen LogP contribution in [0.5, 0.6) is 0 Å². The van der Waals surface area contributed by atoms with Gasteiger partial charge in [-0.15, -0.1) is 0 Å². The minimum atomic E-state index is 0.0411. The van der Waals surface area contributed by atoms with Crippen molar-refractivity contribution in [2.75, 3.05) is 32.8 Å². The van der Waals surface area contributed by atoms with Crippen LogP contribution in [-0.4, -0.2) is 48.8 Å². The molecule has 0 radical (unpaired) electrons. The summed E-state index contributed by atoms with van der Waals surface area (Å²) in [5, 5.41) is 16.4. The van der Waals surface area contributed by atoms with Gasteiger partial charge in [0, 0.05) is 25.6 Å². The van der Waals surface area contributed by atoms with E-state index in [9.17, 15) is 5.11 Å². The summed E-state index contributed by atoms with van der Waals surface area (Å²) in [6.07, 6.45) is 0. The van der Waals surface area contributed by atoms with E-state index in [1.165, 1.54) is 11.1 Å². The van der Waals surface area contributed by atoms with Crippen molar-refractivity contribution in [3.05, 3.63) is 71.3 Å². The van der Waals surface area contributed by atoms with Crippen molar-refractivity contribution < 1.29 is 5.11 Å². The Morgan fingerprint density at radius 3 is 2.17 bits per heavy atom. The van der Waals surface area contributed by atoms with Gasteiger partial charge >= 0.3 is 0 Å². The lowest BCUT2D eigenvalue weighted by molar-refractivity contribution is 0.265. The number of nitrogens with one attached hydrogen (secondary N) is 2. The van der Waals surface area contributed by atoms with E-state index in [0.29, 0.717) is 13.1 Å². The summed E-state index contributed by atoms with van der Waals surface area (Å²) in [6, 6.07) is 18.8. The summed E-state index contributed by atoms with van der Waals surface area (Å²) in [4.78, 5) is 7.12. The Hall–Kier alpha value is -2.37. The number of rotatable bonds is 11. The average molecular weight is 397 g/mol. The largest absolute Gasteiger partial charge is 0.396 e. The van der Waals surface area contributed by atoms with Gasteiger partial charge in [0.1, 0.15) is 0 Å². The Bertz CT molecular complexity index is 711. The molecule has 0 fully saturated rings. The molecule has 5 nitrogen and oxygen atoms in total. The molecule has 0 spiro atoms. The maximum atomic E-state index is 9.75. The minimum absolute atomic E-state index is 0.0411. The fourth-order valence-corrected chi connectivity index (χ4v) is 3.20. The van der Waals surface area contributed by atoms with E-state index in [1.807, 2.05) is 30.3 Å². The SMILES string of the molecule is CCNC(=NCc1ccc(CN(CC)CC)cc1)NCC(CO)c1ccccc1. The summed E-state index contributed by atoms with van der Waals surface area (Å²) in [7, 11) is 0. The van der Waals surface area contributed by atoms with Gasteiger partial charge in [0.15, 0.2) is 5.96 Å². The van der Waals surface area contributed by atoms with Gasteiger partial charge < -0.3 is 15.7 Å². The Kier molecular flexibility index (Phi) is 10.2. The number of aliphatic hydroxyl groups excluding tert-OH is 1. The highest BCUT2D eigenvalue weighted by Crippen LogP contribution is 2.13. The van der Waals surface area contributed by atoms with Gasteiger partial charge in [-0.1, -0.05) is 68.4 Å². The topological polar surface area (TPSA) is 59.9 Å². The highest BCUT2D eigenvalue weighted by molar-refractivity contribution is 5.79. The van der Waals surface area contributed by atoms with Crippen molar-refractivity contribution in [1.29, 1.82) is 0 Å². The molecular formula is C24H36N4O. The van der Waals surface area contributed by atoms with Crippen LogP contribution in [0.1, 0.15) is 43.4 Å². The smallest absolute Gasteiger partial charge is 0.191 e. The Morgan fingerprint density at radius 1 is 0.931 bits per heavy atom. The van der Waals surface area contributed by atoms with Gasteiger partial charge in [0.25, 0.3) is 0 Å². The highest BCUT2D eigenvalue weighted by Gasteiger charge is 2.10. The average Bonchev–Trinajstić information content (AvgIpc) is 2.77. The lowest BCUT2D eigenvalue weighted by atomic mass is 10.0. The van der Waals surface area contributed by atoms with E-state index < -0.39 is 0 Å². The molecule has 3 N–H and O–H groups in total. The summed E-state index contributed by atoms with van der Waals surface area (Å²) >= 11 is 0. The van der Waals surface area contributed by atoms with Crippen molar-refractivity contribution >= 4 is 5.96 Å². The molecule has 0 heterocycles. The second-order valence-corrected chi connectivity index (χ2v) is 7.14. The molecule has 0 aromatic heterocycles. The molecule has 1 atom stereocenters. The van der Waals surface area contributed by atoms with E-state index in [4.69, 9.17) is 4.99 Å². The highest BCUT2D eigenvalue weighted by atomic mass is 16.3. The molecular weight excluding hydrogens is 360 g/mol. The zero-order chi connectivity index (χ0) is 20.9. The molecule has 5 heteroatoms. The second-order valence-electron chi connectivity index (χ2n) is 7.14. The first-order valence-electron chi connectivity index (χ1n) is 10.7. The van der Waals surface area contributed by atoms with Crippen LogP contribution >= 0.6 is 0 Å². The first-order valence-corrected chi connectivity index (χ1v) is 10.7. The molecule has 0 aliphatic heterocycles. The van der Waals surface area contributed by atoms with Crippen molar-refractivity contribution in [3.63, 3.8) is 0 Å². The molecule has 0 amide bonds. The number of hydrogen-bond donors (Lipinski definition) is 3. The summed E-state index contributed by atoms with van der Waals surface area (Å²) in [5.74, 6) is 0.813. The number of guanidine groups is 1. The van der Waals surface area contributed by atoms with Crippen LogP contribution in [0, 0.1) is 0 Å². The Balaban J connectivity index is 1.94. The van der Waals surface area contributed by atoms with E-state index in [-0.39, 0.29) is 12.5 Å². The number of aliphatic hydroxyl groups is 1. The van der Waals surface area contributed by atoms with Gasteiger partial charge in [-0.05, 0) is 36.7 Å². The predicted molar refractivity (Wildman–Crippen MR) is 122 cm³/mol. The van der Waals surface area contributed by atoms with Crippen molar-refractivity contribution in [3.8, 4) is 0 Å². The zero-order valence-corrected chi connectivity index (χ0v) is 18.1. The predicted octanol–water partition coefficient (Wildman–Crippen LogP) is 3.36. The molecule has 2 aromatic carbocycles. The normalized spacial score (nSPS) is 12.8. The van der Waals surface area contributed by atoms with Crippen molar-refractivity contribution in [2.24, 2.45) is 4.99 Å². The molecule has 2 rings (SSSR count). The van der Waals surface area contributed by atoms with Crippen LogP contribution in [0.25, 0.3) is 0 Å². The first-order chi connectivity index (χ1) is 14.2. The fourth-order valence-electron chi connectivity index (χ4n) is 3.20. The third kappa shape index (κ3) is 7.87. The van der Waals surface area contributed by atoms with Crippen LogP contribution in [0.15, 0.2) is 59.6 Å². The number of aliphatic imine (C=N–C) groups is 1. The molecule has 2 aromatic rings. The van der Waals surface area contributed by atoms with Gasteiger partial charge in [0.05, 0.1) is 13.2 Å². The quantitative estimate of drug-likeness (QED) is 0.403. The fraction of sp³-hybridized carbons (Fsp3) is 0.458. The monoisotopic (exact) mass is 396 g/mol. The molecule has 0 aliphatic carbocycles. The van der Waals surface area contributed by atoms with Crippen molar-refractivity contribution in [1.82, 2.24) is 15.5 Å². The summed E-state index contributed by atoms with van der Waals surface area (Å²) < 4.78 is 0. The van der Waals surface area contributed by atoms with Crippen LogP contribution in [0.2, 0.25) is 0 Å². The Labute approximate surface area is 175 Å². The molecule has 0 bridgehead atoms. The minimum Gasteiger partial charge on any atom is -0.396 e. The van der Waals surface area contributed by atoms with Crippen LogP contribution in [0.3, 0.4) is 0 Å². The van der Waals surface area contributed by atoms with Crippen LogP contribution in [-0.2, 0) is 13.1 Å². The molecule has 29 heavy (non-hydrogen) atoms. The van der Waals surface area contributed by atoms with E-state index in [1.54, 1.807) is 0 Å². The third-order valence-electron chi connectivity index (χ3n) is 5.09. The molecule has 0 aliphatic rings. The number of nitrogens with zero attached hydrogens (tertiary/aromatic N) is 2. The standard InChI is InChI=1S/C24H36N4O/c1-4-25-24(27-17-23(19-29)22-10-8-7-9-11-22)26-16-20-12-14-21(15-13-20)18-28(5-2)6-3/h7-15,23,29H,4-6,16-19H2,1-3H3,(H2,25,26,27). The van der Waals surface area contributed by atoms with E-state index >= 15 is 0 Å². The van der Waals surface area contributed by atoms with E-state index in [0.717, 1.165) is 37.7 Å². The Morgan fingerprint density at radius 2 is 1.59 bits per heavy atom. The van der Waals surface area contributed by atoms with Crippen molar-refractivity contribution in [2.45, 2.75) is 39.8 Å². The van der Waals surface area contributed by atoms with E-state index in [2.05, 4.69) is 60.6 Å². The van der Waals surface area contributed by atoms with Gasteiger partial charge in [-0.3, -0.25) is 4.90 Å². The zero-order valence-electron chi connectivity index (χ0n) is 18.1. The van der Waals surface area contributed by atoms with Crippen LogP contribution < -0.4 is 10.6 Å². The van der Waals surface area contributed by atoms with Gasteiger partial charge in [-0.2, -0.15) is 0 Å². The molecule has 158 valence electrons. The summed E-state index contributed by atoms with van der Waals surface area (Å²) in [6.45, 7) is 11.7. The van der Waals surface area contributed by atoms with Gasteiger partial charge in [-0.25, -0.2) is 4.99 Å². The number of benzene rings is 2. The maximum absolute atomic E-state index is 9.75. The second kappa shape index (κ2) is 13.0.